The number of nitrogens with one attached hydrogen (secondary N) is 2. The molecule has 0 spiro atoms. The monoisotopic (exact) mass is 571 g/mol. The maximum atomic E-state index is 13.4. The standard InChI is InChI=1S/C33H41N5O4/c1-24-4-5-27(33(40)38-16-12-26(13-17-38)25-6-9-29(41-2)10-7-25)22-30(24)36-32(39)28-8-11-31(35-23-28)34-14-3-15-37-18-20-42-21-19-37/h4-11,22-23,26H,3,12-21H2,1-2H3,(H,34,35)(H,36,39). The molecule has 1 aromatic heterocycles. The van der Waals surface area contributed by atoms with Gasteiger partial charge in [0, 0.05) is 50.2 Å². The van der Waals surface area contributed by atoms with Crippen LogP contribution >= 0.6 is 0 Å². The normalized spacial score (nSPS) is 16.2. The molecular formula is C33H41N5O4. The highest BCUT2D eigenvalue weighted by Gasteiger charge is 2.25. The Hall–Kier alpha value is -3.95. The molecule has 222 valence electrons. The van der Waals surface area contributed by atoms with Crippen molar-refractivity contribution in [2.24, 2.45) is 0 Å². The van der Waals surface area contributed by atoms with E-state index in [9.17, 15) is 9.59 Å². The number of hydrogen-bond donors (Lipinski definition) is 2. The van der Waals surface area contributed by atoms with E-state index in [-0.39, 0.29) is 11.8 Å². The number of hydrogen-bond acceptors (Lipinski definition) is 7. The summed E-state index contributed by atoms with van der Waals surface area (Å²) >= 11 is 0. The molecule has 0 unspecified atom stereocenters. The number of amides is 2. The minimum absolute atomic E-state index is 0.00982. The Morgan fingerprint density at radius 1 is 0.976 bits per heavy atom. The van der Waals surface area contributed by atoms with E-state index in [2.05, 4.69) is 32.7 Å². The van der Waals surface area contributed by atoms with Gasteiger partial charge in [-0.2, -0.15) is 0 Å². The van der Waals surface area contributed by atoms with Crippen LogP contribution in [0.5, 0.6) is 5.75 Å². The Balaban J connectivity index is 1.12. The lowest BCUT2D eigenvalue weighted by Crippen LogP contribution is -2.38. The molecule has 0 saturated carbocycles. The van der Waals surface area contributed by atoms with Gasteiger partial charge in [0.15, 0.2) is 0 Å². The highest BCUT2D eigenvalue weighted by atomic mass is 16.5. The quantitative estimate of drug-likeness (QED) is 0.338. The third-order valence-electron chi connectivity index (χ3n) is 8.19. The van der Waals surface area contributed by atoms with Crippen molar-refractivity contribution in [2.45, 2.75) is 32.1 Å². The third-order valence-corrected chi connectivity index (χ3v) is 8.19. The number of likely N-dealkylation sites (tertiary alicyclic amines) is 1. The summed E-state index contributed by atoms with van der Waals surface area (Å²) in [5.74, 6) is 1.76. The van der Waals surface area contributed by atoms with Gasteiger partial charge in [-0.15, -0.1) is 0 Å². The van der Waals surface area contributed by atoms with Gasteiger partial charge in [-0.3, -0.25) is 14.5 Å². The number of rotatable bonds is 10. The Morgan fingerprint density at radius 2 is 1.71 bits per heavy atom. The van der Waals surface area contributed by atoms with Crippen LogP contribution in [0, 0.1) is 6.92 Å². The maximum absolute atomic E-state index is 13.4. The Kier molecular flexibility index (Phi) is 10.0. The second kappa shape index (κ2) is 14.3. The van der Waals surface area contributed by atoms with Crippen LogP contribution in [0.15, 0.2) is 60.8 Å². The number of aromatic nitrogens is 1. The molecule has 3 heterocycles. The van der Waals surface area contributed by atoms with E-state index in [4.69, 9.17) is 9.47 Å². The largest absolute Gasteiger partial charge is 0.497 e. The number of nitrogens with zero attached hydrogens (tertiary/aromatic N) is 3. The van der Waals surface area contributed by atoms with E-state index >= 15 is 0 Å². The molecule has 0 aliphatic carbocycles. The van der Waals surface area contributed by atoms with Gasteiger partial charge in [0.2, 0.25) is 0 Å². The second-order valence-corrected chi connectivity index (χ2v) is 11.0. The molecule has 2 aliphatic rings. The lowest BCUT2D eigenvalue weighted by atomic mass is 9.89. The Bertz CT molecular complexity index is 1330. The molecule has 0 radical (unpaired) electrons. The zero-order valence-corrected chi connectivity index (χ0v) is 24.6. The predicted molar refractivity (Wildman–Crippen MR) is 165 cm³/mol. The Labute approximate surface area is 248 Å². The van der Waals surface area contributed by atoms with Crippen LogP contribution in [-0.4, -0.2) is 86.2 Å². The van der Waals surface area contributed by atoms with Crippen LogP contribution in [0.2, 0.25) is 0 Å². The third kappa shape index (κ3) is 7.66. The first-order valence-electron chi connectivity index (χ1n) is 14.9. The molecule has 9 heteroatoms. The lowest BCUT2D eigenvalue weighted by molar-refractivity contribution is 0.0378. The number of morpholine rings is 1. The average Bonchev–Trinajstić information content (AvgIpc) is 3.04. The van der Waals surface area contributed by atoms with Crippen molar-refractivity contribution in [3.63, 3.8) is 0 Å². The van der Waals surface area contributed by atoms with Crippen molar-refractivity contribution in [3.05, 3.63) is 83.0 Å². The number of methoxy groups -OCH3 is 1. The van der Waals surface area contributed by atoms with Gasteiger partial charge >= 0.3 is 0 Å². The van der Waals surface area contributed by atoms with Crippen LogP contribution < -0.4 is 15.4 Å². The number of ether oxygens (including phenoxy) is 2. The molecule has 42 heavy (non-hydrogen) atoms. The SMILES string of the molecule is COc1ccc(C2CCN(C(=O)c3ccc(C)c(NC(=O)c4ccc(NCCCN5CCOCC5)nc4)c3)CC2)cc1. The van der Waals surface area contributed by atoms with Crippen molar-refractivity contribution in [2.75, 3.05) is 70.2 Å². The number of piperidine rings is 1. The zero-order valence-electron chi connectivity index (χ0n) is 24.6. The number of carbonyl (C=O) groups is 2. The van der Waals surface area contributed by atoms with E-state index in [0.717, 1.165) is 75.8 Å². The van der Waals surface area contributed by atoms with Crippen LogP contribution in [0.4, 0.5) is 11.5 Å². The molecule has 2 N–H and O–H groups in total. The highest BCUT2D eigenvalue weighted by Crippen LogP contribution is 2.30. The summed E-state index contributed by atoms with van der Waals surface area (Å²) in [5.41, 5.74) is 3.85. The number of anilines is 2. The molecule has 0 atom stereocenters. The van der Waals surface area contributed by atoms with Gasteiger partial charge in [-0.1, -0.05) is 18.2 Å². The first-order valence-corrected chi connectivity index (χ1v) is 14.9. The number of benzene rings is 2. The summed E-state index contributed by atoms with van der Waals surface area (Å²) in [7, 11) is 1.67. The fraction of sp³-hybridized carbons (Fsp3) is 0.424. The molecule has 2 fully saturated rings. The number of carbonyl (C=O) groups excluding carboxylic acids is 2. The van der Waals surface area contributed by atoms with Gasteiger partial charge in [-0.25, -0.2) is 4.98 Å². The highest BCUT2D eigenvalue weighted by molar-refractivity contribution is 6.05. The van der Waals surface area contributed by atoms with Gasteiger partial charge in [0.1, 0.15) is 11.6 Å². The molecule has 2 amide bonds. The minimum Gasteiger partial charge on any atom is -0.497 e. The summed E-state index contributed by atoms with van der Waals surface area (Å²) < 4.78 is 10.7. The van der Waals surface area contributed by atoms with Gasteiger partial charge in [-0.05, 0) is 86.2 Å². The molecule has 0 bridgehead atoms. The van der Waals surface area contributed by atoms with Crippen molar-refractivity contribution in [1.29, 1.82) is 0 Å². The van der Waals surface area contributed by atoms with Crippen LogP contribution in [0.25, 0.3) is 0 Å². The smallest absolute Gasteiger partial charge is 0.257 e. The maximum Gasteiger partial charge on any atom is 0.257 e. The van der Waals surface area contributed by atoms with Gasteiger partial charge in [0.05, 0.1) is 25.9 Å². The number of pyridine rings is 1. The van der Waals surface area contributed by atoms with E-state index in [1.54, 1.807) is 25.4 Å². The van der Waals surface area contributed by atoms with Gasteiger partial charge in [0.25, 0.3) is 11.8 Å². The molecule has 2 aliphatic heterocycles. The Morgan fingerprint density at radius 3 is 2.40 bits per heavy atom. The van der Waals surface area contributed by atoms with Gasteiger partial charge < -0.3 is 25.0 Å². The van der Waals surface area contributed by atoms with E-state index in [0.29, 0.717) is 35.8 Å². The summed E-state index contributed by atoms with van der Waals surface area (Å²) in [6.07, 6.45) is 4.42. The average molecular weight is 572 g/mol. The topological polar surface area (TPSA) is 96.0 Å². The van der Waals surface area contributed by atoms with E-state index in [1.807, 2.05) is 42.2 Å². The second-order valence-electron chi connectivity index (χ2n) is 11.0. The van der Waals surface area contributed by atoms with E-state index in [1.165, 1.54) is 5.56 Å². The molecule has 2 saturated heterocycles. The summed E-state index contributed by atoms with van der Waals surface area (Å²) in [6.45, 7) is 8.76. The number of aryl methyl sites for hydroxylation is 1. The zero-order chi connectivity index (χ0) is 29.3. The molecular weight excluding hydrogens is 530 g/mol. The summed E-state index contributed by atoms with van der Waals surface area (Å²) in [6, 6.07) is 17.3. The summed E-state index contributed by atoms with van der Waals surface area (Å²) in [5, 5.41) is 6.30. The first kappa shape index (κ1) is 29.5. The molecule has 9 nitrogen and oxygen atoms in total. The fourth-order valence-corrected chi connectivity index (χ4v) is 5.54. The van der Waals surface area contributed by atoms with Crippen LogP contribution in [0.3, 0.4) is 0 Å². The fourth-order valence-electron chi connectivity index (χ4n) is 5.54. The van der Waals surface area contributed by atoms with Crippen molar-refractivity contribution < 1.29 is 19.1 Å². The first-order chi connectivity index (χ1) is 20.5. The summed E-state index contributed by atoms with van der Waals surface area (Å²) in [4.78, 5) is 35.1. The van der Waals surface area contributed by atoms with Crippen LogP contribution in [-0.2, 0) is 4.74 Å². The molecule has 2 aromatic carbocycles. The predicted octanol–water partition coefficient (Wildman–Crippen LogP) is 4.80. The van der Waals surface area contributed by atoms with E-state index < -0.39 is 0 Å². The van der Waals surface area contributed by atoms with Crippen LogP contribution in [0.1, 0.15) is 57.0 Å². The van der Waals surface area contributed by atoms with Crippen molar-refractivity contribution >= 4 is 23.3 Å². The molecule has 3 aromatic rings. The van der Waals surface area contributed by atoms with Crippen molar-refractivity contribution in [3.8, 4) is 5.75 Å². The lowest BCUT2D eigenvalue weighted by Gasteiger charge is -2.32. The minimum atomic E-state index is -0.255. The van der Waals surface area contributed by atoms with Crippen molar-refractivity contribution in [1.82, 2.24) is 14.8 Å². The molecule has 5 rings (SSSR count).